The highest BCUT2D eigenvalue weighted by Crippen LogP contribution is 2.18. The summed E-state index contributed by atoms with van der Waals surface area (Å²) in [4.78, 5) is 11.6. The van der Waals surface area contributed by atoms with Crippen molar-refractivity contribution in [2.24, 2.45) is 0 Å². The maximum atomic E-state index is 11.6. The van der Waals surface area contributed by atoms with Crippen LogP contribution in [0.4, 0.5) is 0 Å². The van der Waals surface area contributed by atoms with Crippen molar-refractivity contribution in [3.05, 3.63) is 34.7 Å². The molecular formula is C11H11BrO3. The summed E-state index contributed by atoms with van der Waals surface area (Å²) in [5.74, 6) is -0.168. The van der Waals surface area contributed by atoms with Gasteiger partial charge in [0.2, 0.25) is 5.76 Å². The average Bonchev–Trinajstić information content (AvgIpc) is 2.66. The third-order valence-corrected chi connectivity index (χ3v) is 2.67. The fourth-order valence-electron chi connectivity index (χ4n) is 1.50. The van der Waals surface area contributed by atoms with Gasteiger partial charge in [-0.05, 0) is 53.4 Å². The molecule has 1 heterocycles. The molecule has 0 amide bonds. The van der Waals surface area contributed by atoms with Crippen LogP contribution in [0.3, 0.4) is 0 Å². The lowest BCUT2D eigenvalue weighted by atomic mass is 10.1. The van der Waals surface area contributed by atoms with Crippen molar-refractivity contribution in [3.8, 4) is 0 Å². The van der Waals surface area contributed by atoms with Crippen LogP contribution in [0.1, 0.15) is 29.8 Å². The third-order valence-electron chi connectivity index (χ3n) is 2.24. The molecule has 1 aliphatic rings. The molecule has 0 spiro atoms. The first kappa shape index (κ1) is 10.5. The normalized spacial score (nSPS) is 20.2. The van der Waals surface area contributed by atoms with Crippen LogP contribution in [0.25, 0.3) is 0 Å². The van der Waals surface area contributed by atoms with Crippen molar-refractivity contribution >= 4 is 21.9 Å². The Morgan fingerprint density at radius 1 is 1.53 bits per heavy atom. The SMILES string of the molecule is O=C(OC1C=CCCC1)c1ccc(Br)o1. The second-order valence-corrected chi connectivity index (χ2v) is 4.19. The van der Waals surface area contributed by atoms with E-state index in [0.29, 0.717) is 4.67 Å². The summed E-state index contributed by atoms with van der Waals surface area (Å²) < 4.78 is 10.9. The number of carbonyl (C=O) groups is 1. The minimum absolute atomic E-state index is 0.102. The smallest absolute Gasteiger partial charge is 0.374 e. The number of furan rings is 1. The van der Waals surface area contributed by atoms with Crippen molar-refractivity contribution in [3.63, 3.8) is 0 Å². The highest BCUT2D eigenvalue weighted by Gasteiger charge is 2.17. The van der Waals surface area contributed by atoms with Crippen molar-refractivity contribution < 1.29 is 13.9 Å². The number of allylic oxidation sites excluding steroid dienone is 1. The fraction of sp³-hybridized carbons (Fsp3) is 0.364. The second-order valence-electron chi connectivity index (χ2n) is 3.41. The molecule has 2 rings (SSSR count). The van der Waals surface area contributed by atoms with Crippen LogP contribution in [-0.4, -0.2) is 12.1 Å². The number of hydrogen-bond donors (Lipinski definition) is 0. The van der Waals surface area contributed by atoms with E-state index < -0.39 is 5.97 Å². The maximum Gasteiger partial charge on any atom is 0.374 e. The molecule has 0 saturated heterocycles. The van der Waals surface area contributed by atoms with Crippen molar-refractivity contribution in [1.29, 1.82) is 0 Å². The first-order valence-electron chi connectivity index (χ1n) is 4.89. The molecule has 1 aromatic rings. The average molecular weight is 271 g/mol. The van der Waals surface area contributed by atoms with Gasteiger partial charge in [0.25, 0.3) is 0 Å². The monoisotopic (exact) mass is 270 g/mol. The molecule has 80 valence electrons. The molecule has 4 heteroatoms. The molecule has 0 radical (unpaired) electrons. The molecule has 1 unspecified atom stereocenters. The molecule has 15 heavy (non-hydrogen) atoms. The molecule has 3 nitrogen and oxygen atoms in total. The highest BCUT2D eigenvalue weighted by molar-refractivity contribution is 9.10. The summed E-state index contributed by atoms with van der Waals surface area (Å²) in [6, 6.07) is 3.27. The van der Waals surface area contributed by atoms with Crippen LogP contribution in [-0.2, 0) is 4.74 Å². The third kappa shape index (κ3) is 2.72. The highest BCUT2D eigenvalue weighted by atomic mass is 79.9. The minimum atomic E-state index is -0.405. The van der Waals surface area contributed by atoms with Crippen molar-refractivity contribution in [1.82, 2.24) is 0 Å². The largest absolute Gasteiger partial charge is 0.452 e. The van der Waals surface area contributed by atoms with Gasteiger partial charge in [0.15, 0.2) is 4.67 Å². The summed E-state index contributed by atoms with van der Waals surface area (Å²) >= 11 is 3.14. The number of halogens is 1. The van der Waals surface area contributed by atoms with E-state index in [4.69, 9.17) is 9.15 Å². The van der Waals surface area contributed by atoms with Crippen LogP contribution >= 0.6 is 15.9 Å². The number of carbonyl (C=O) groups excluding carboxylic acids is 1. The Morgan fingerprint density at radius 3 is 3.00 bits per heavy atom. The topological polar surface area (TPSA) is 39.4 Å². The van der Waals surface area contributed by atoms with Crippen LogP contribution in [0.5, 0.6) is 0 Å². The van der Waals surface area contributed by atoms with Gasteiger partial charge < -0.3 is 9.15 Å². The van der Waals surface area contributed by atoms with Gasteiger partial charge in [-0.25, -0.2) is 4.79 Å². The molecule has 0 N–H and O–H groups in total. The van der Waals surface area contributed by atoms with E-state index in [1.807, 2.05) is 12.2 Å². The van der Waals surface area contributed by atoms with Crippen LogP contribution in [0.15, 0.2) is 33.4 Å². The van der Waals surface area contributed by atoms with Gasteiger partial charge in [-0.1, -0.05) is 6.08 Å². The van der Waals surface area contributed by atoms with Gasteiger partial charge in [0.05, 0.1) is 0 Å². The van der Waals surface area contributed by atoms with Gasteiger partial charge in [-0.3, -0.25) is 0 Å². The predicted octanol–water partition coefficient (Wildman–Crippen LogP) is 3.31. The lowest BCUT2D eigenvalue weighted by Gasteiger charge is -2.16. The predicted molar refractivity (Wildman–Crippen MR) is 58.6 cm³/mol. The van der Waals surface area contributed by atoms with Crippen LogP contribution in [0, 0.1) is 0 Å². The van der Waals surface area contributed by atoms with E-state index in [1.165, 1.54) is 0 Å². The minimum Gasteiger partial charge on any atom is -0.452 e. The van der Waals surface area contributed by atoms with E-state index in [2.05, 4.69) is 15.9 Å². The van der Waals surface area contributed by atoms with Gasteiger partial charge in [0, 0.05) is 0 Å². The molecule has 0 saturated carbocycles. The van der Waals surface area contributed by atoms with E-state index >= 15 is 0 Å². The maximum absolute atomic E-state index is 11.6. The molecule has 1 atom stereocenters. The van der Waals surface area contributed by atoms with Gasteiger partial charge in [-0.2, -0.15) is 0 Å². The Balaban J connectivity index is 1.97. The molecule has 1 aromatic heterocycles. The Hall–Kier alpha value is -1.03. The summed E-state index contributed by atoms with van der Waals surface area (Å²) in [5.41, 5.74) is 0. The zero-order valence-corrected chi connectivity index (χ0v) is 9.70. The molecule has 0 fully saturated rings. The van der Waals surface area contributed by atoms with Crippen molar-refractivity contribution in [2.45, 2.75) is 25.4 Å². The Labute approximate surface area is 96.2 Å². The van der Waals surface area contributed by atoms with E-state index in [-0.39, 0.29) is 11.9 Å². The summed E-state index contributed by atoms with van der Waals surface area (Å²) in [5, 5.41) is 0. The number of esters is 1. The first-order chi connectivity index (χ1) is 7.25. The fourth-order valence-corrected chi connectivity index (χ4v) is 1.81. The van der Waals surface area contributed by atoms with Crippen LogP contribution in [0.2, 0.25) is 0 Å². The zero-order chi connectivity index (χ0) is 10.7. The van der Waals surface area contributed by atoms with E-state index in [9.17, 15) is 4.79 Å². The van der Waals surface area contributed by atoms with Crippen LogP contribution < -0.4 is 0 Å². The van der Waals surface area contributed by atoms with Crippen molar-refractivity contribution in [2.75, 3.05) is 0 Å². The summed E-state index contributed by atoms with van der Waals surface area (Å²) in [6.45, 7) is 0. The number of rotatable bonds is 2. The second kappa shape index (κ2) is 4.66. The molecule has 0 aromatic carbocycles. The first-order valence-corrected chi connectivity index (χ1v) is 5.68. The van der Waals surface area contributed by atoms with Gasteiger partial charge in [-0.15, -0.1) is 0 Å². The molecule has 1 aliphatic carbocycles. The zero-order valence-electron chi connectivity index (χ0n) is 8.11. The van der Waals surface area contributed by atoms with E-state index in [1.54, 1.807) is 12.1 Å². The lowest BCUT2D eigenvalue weighted by molar-refractivity contribution is 0.0332. The standard InChI is InChI=1S/C11H11BrO3/c12-10-7-6-9(15-10)11(13)14-8-4-2-1-3-5-8/h2,4,6-8H,1,3,5H2. The lowest BCUT2D eigenvalue weighted by Crippen LogP contribution is -2.17. The Morgan fingerprint density at radius 2 is 2.40 bits per heavy atom. The van der Waals surface area contributed by atoms with Gasteiger partial charge >= 0.3 is 5.97 Å². The molecule has 0 bridgehead atoms. The summed E-state index contributed by atoms with van der Waals surface area (Å²) in [7, 11) is 0. The Bertz CT molecular complexity index is 381. The quantitative estimate of drug-likeness (QED) is 0.612. The number of hydrogen-bond acceptors (Lipinski definition) is 3. The molecular weight excluding hydrogens is 260 g/mol. The molecule has 0 aliphatic heterocycles. The Kier molecular flexibility index (Phi) is 3.26. The summed E-state index contributed by atoms with van der Waals surface area (Å²) in [6.07, 6.45) is 6.90. The van der Waals surface area contributed by atoms with Gasteiger partial charge in [0.1, 0.15) is 6.10 Å². The number of ether oxygens (including phenoxy) is 1. The van der Waals surface area contributed by atoms with E-state index in [0.717, 1.165) is 19.3 Å².